The minimum atomic E-state index is 0.674. The molecule has 0 fully saturated rings. The van der Waals surface area contributed by atoms with E-state index in [1.54, 1.807) is 6.20 Å². The molecule has 2 aromatic heterocycles. The molecular weight excluding hydrogens is 272 g/mol. The normalized spacial score (nSPS) is 11.8. The molecule has 0 spiro atoms. The summed E-state index contributed by atoms with van der Waals surface area (Å²) in [4.78, 5) is 7.42. The van der Waals surface area contributed by atoms with E-state index in [1.807, 2.05) is 49.5 Å². The minimum Gasteiger partial charge on any atom is -0.360 e. The average molecular weight is 285 g/mol. The number of nitrogens with one attached hydrogen (secondary N) is 2. The maximum absolute atomic E-state index is 5.97. The van der Waals surface area contributed by atoms with Crippen LogP contribution >= 0.6 is 11.6 Å². The van der Waals surface area contributed by atoms with Crippen molar-refractivity contribution in [3.63, 3.8) is 0 Å². The summed E-state index contributed by atoms with van der Waals surface area (Å²) in [5.41, 5.74) is 6.69. The van der Waals surface area contributed by atoms with Crippen molar-refractivity contribution < 1.29 is 0 Å². The van der Waals surface area contributed by atoms with Crippen molar-refractivity contribution in [2.45, 2.75) is 6.92 Å². The molecule has 3 rings (SSSR count). The van der Waals surface area contributed by atoms with Crippen LogP contribution in [0.1, 0.15) is 12.6 Å². The SMILES string of the molecule is C/C(=N\Nc1ccnc2cc(Cl)ccc12)c1ccc[nH]1. The van der Waals surface area contributed by atoms with Gasteiger partial charge in [-0.1, -0.05) is 11.6 Å². The van der Waals surface area contributed by atoms with E-state index in [0.29, 0.717) is 5.02 Å². The van der Waals surface area contributed by atoms with Crippen LogP contribution in [0.25, 0.3) is 10.9 Å². The van der Waals surface area contributed by atoms with Gasteiger partial charge in [0.1, 0.15) is 0 Å². The molecule has 0 unspecified atom stereocenters. The Morgan fingerprint density at radius 2 is 2.20 bits per heavy atom. The van der Waals surface area contributed by atoms with Gasteiger partial charge in [-0.15, -0.1) is 0 Å². The van der Waals surface area contributed by atoms with Crippen LogP contribution in [0.5, 0.6) is 0 Å². The molecule has 0 radical (unpaired) electrons. The summed E-state index contributed by atoms with van der Waals surface area (Å²) in [5.74, 6) is 0. The highest BCUT2D eigenvalue weighted by Crippen LogP contribution is 2.24. The number of benzene rings is 1. The standard InChI is InChI=1S/C15H13ClN4/c1-10(13-3-2-7-17-13)19-20-14-6-8-18-15-9-11(16)4-5-12(14)15/h2-9,17H,1H3,(H,18,20)/b19-10+. The van der Waals surface area contributed by atoms with Crippen molar-refractivity contribution in [1.82, 2.24) is 9.97 Å². The Morgan fingerprint density at radius 3 is 3.00 bits per heavy atom. The molecule has 0 saturated heterocycles. The zero-order valence-corrected chi connectivity index (χ0v) is 11.6. The number of fused-ring (bicyclic) bond motifs is 1. The number of aromatic amines is 1. The fraction of sp³-hybridized carbons (Fsp3) is 0.0667. The van der Waals surface area contributed by atoms with Crippen LogP contribution in [-0.4, -0.2) is 15.7 Å². The number of hydrazone groups is 1. The van der Waals surface area contributed by atoms with Crippen LogP contribution in [0.4, 0.5) is 5.69 Å². The Morgan fingerprint density at radius 1 is 1.30 bits per heavy atom. The summed E-state index contributed by atoms with van der Waals surface area (Å²) in [6, 6.07) is 11.4. The van der Waals surface area contributed by atoms with Crippen LogP contribution in [0, 0.1) is 0 Å². The van der Waals surface area contributed by atoms with E-state index in [0.717, 1.165) is 28.0 Å². The molecule has 2 N–H and O–H groups in total. The molecule has 20 heavy (non-hydrogen) atoms. The van der Waals surface area contributed by atoms with Gasteiger partial charge in [0.15, 0.2) is 0 Å². The highest BCUT2D eigenvalue weighted by atomic mass is 35.5. The molecule has 1 aromatic carbocycles. The van der Waals surface area contributed by atoms with Crippen LogP contribution in [-0.2, 0) is 0 Å². The number of hydrogen-bond donors (Lipinski definition) is 2. The summed E-state index contributed by atoms with van der Waals surface area (Å²) in [7, 11) is 0. The molecule has 0 amide bonds. The molecule has 100 valence electrons. The number of aromatic nitrogens is 2. The third-order valence-electron chi connectivity index (χ3n) is 3.04. The second-order valence-electron chi connectivity index (χ2n) is 4.41. The summed E-state index contributed by atoms with van der Waals surface area (Å²) in [6.45, 7) is 1.94. The summed E-state index contributed by atoms with van der Waals surface area (Å²) < 4.78 is 0. The zero-order chi connectivity index (χ0) is 13.9. The van der Waals surface area contributed by atoms with E-state index in [-0.39, 0.29) is 0 Å². The van der Waals surface area contributed by atoms with E-state index < -0.39 is 0 Å². The number of anilines is 1. The van der Waals surface area contributed by atoms with Gasteiger partial charge in [-0.05, 0) is 43.3 Å². The van der Waals surface area contributed by atoms with E-state index in [4.69, 9.17) is 11.6 Å². The third kappa shape index (κ3) is 2.51. The smallest absolute Gasteiger partial charge is 0.0810 e. The first-order chi connectivity index (χ1) is 9.74. The van der Waals surface area contributed by atoms with Crippen molar-refractivity contribution in [2.24, 2.45) is 5.10 Å². The molecular formula is C15H13ClN4. The van der Waals surface area contributed by atoms with E-state index in [1.165, 1.54) is 0 Å². The predicted octanol–water partition coefficient (Wildman–Crippen LogP) is 4.05. The molecule has 5 heteroatoms. The Kier molecular flexibility index (Phi) is 3.39. The maximum atomic E-state index is 5.97. The van der Waals surface area contributed by atoms with Crippen LogP contribution in [0.3, 0.4) is 0 Å². The van der Waals surface area contributed by atoms with Crippen molar-refractivity contribution in [1.29, 1.82) is 0 Å². The molecule has 0 aliphatic carbocycles. The molecule has 0 atom stereocenters. The van der Waals surface area contributed by atoms with E-state index in [9.17, 15) is 0 Å². The van der Waals surface area contributed by atoms with Gasteiger partial charge in [-0.2, -0.15) is 5.10 Å². The van der Waals surface area contributed by atoms with Gasteiger partial charge in [-0.3, -0.25) is 10.4 Å². The predicted molar refractivity (Wildman–Crippen MR) is 83.4 cm³/mol. The highest BCUT2D eigenvalue weighted by Gasteiger charge is 2.02. The molecule has 0 bridgehead atoms. The fourth-order valence-corrected chi connectivity index (χ4v) is 2.14. The highest BCUT2D eigenvalue weighted by molar-refractivity contribution is 6.31. The first-order valence-electron chi connectivity index (χ1n) is 6.22. The van der Waals surface area contributed by atoms with Crippen LogP contribution in [0.15, 0.2) is 53.9 Å². The monoisotopic (exact) mass is 284 g/mol. The fourth-order valence-electron chi connectivity index (χ4n) is 1.98. The lowest BCUT2D eigenvalue weighted by Gasteiger charge is -2.06. The molecule has 2 heterocycles. The Balaban J connectivity index is 1.93. The average Bonchev–Trinajstić information content (AvgIpc) is 2.98. The van der Waals surface area contributed by atoms with E-state index >= 15 is 0 Å². The van der Waals surface area contributed by atoms with Crippen LogP contribution in [0.2, 0.25) is 5.02 Å². The van der Waals surface area contributed by atoms with Crippen molar-refractivity contribution >= 4 is 33.9 Å². The molecule has 0 saturated carbocycles. The Bertz CT molecular complexity index is 763. The Hall–Kier alpha value is -2.33. The summed E-state index contributed by atoms with van der Waals surface area (Å²) >= 11 is 5.97. The summed E-state index contributed by atoms with van der Waals surface area (Å²) in [5, 5.41) is 6.04. The van der Waals surface area contributed by atoms with Crippen molar-refractivity contribution in [3.05, 3.63) is 59.5 Å². The summed E-state index contributed by atoms with van der Waals surface area (Å²) in [6.07, 6.45) is 3.61. The number of nitrogens with zero attached hydrogens (tertiary/aromatic N) is 2. The molecule has 4 nitrogen and oxygen atoms in total. The number of rotatable bonds is 3. The molecule has 0 aliphatic heterocycles. The zero-order valence-electron chi connectivity index (χ0n) is 10.9. The van der Waals surface area contributed by atoms with Gasteiger partial charge in [0.2, 0.25) is 0 Å². The first-order valence-corrected chi connectivity index (χ1v) is 6.60. The lowest BCUT2D eigenvalue weighted by Crippen LogP contribution is -2.00. The van der Waals surface area contributed by atoms with Crippen LogP contribution < -0.4 is 5.43 Å². The Labute approximate surface area is 121 Å². The quantitative estimate of drug-likeness (QED) is 0.563. The second-order valence-corrected chi connectivity index (χ2v) is 4.85. The van der Waals surface area contributed by atoms with Crippen molar-refractivity contribution in [2.75, 3.05) is 5.43 Å². The number of H-pyrrole nitrogens is 1. The topological polar surface area (TPSA) is 53.1 Å². The lowest BCUT2D eigenvalue weighted by molar-refractivity contribution is 1.28. The van der Waals surface area contributed by atoms with Gasteiger partial charge in [-0.25, -0.2) is 0 Å². The van der Waals surface area contributed by atoms with Gasteiger partial charge in [0, 0.05) is 22.8 Å². The second kappa shape index (κ2) is 5.35. The van der Waals surface area contributed by atoms with Crippen molar-refractivity contribution in [3.8, 4) is 0 Å². The third-order valence-corrected chi connectivity index (χ3v) is 3.27. The lowest BCUT2D eigenvalue weighted by atomic mass is 10.2. The van der Waals surface area contributed by atoms with Gasteiger partial charge < -0.3 is 4.98 Å². The molecule has 0 aliphatic rings. The van der Waals surface area contributed by atoms with E-state index in [2.05, 4.69) is 20.5 Å². The van der Waals surface area contributed by atoms with Gasteiger partial charge >= 0.3 is 0 Å². The van der Waals surface area contributed by atoms with Gasteiger partial charge in [0.05, 0.1) is 22.6 Å². The largest absolute Gasteiger partial charge is 0.360 e. The first kappa shape index (κ1) is 12.7. The van der Waals surface area contributed by atoms with Gasteiger partial charge in [0.25, 0.3) is 0 Å². The minimum absolute atomic E-state index is 0.674. The molecule has 3 aromatic rings. The number of hydrogen-bond acceptors (Lipinski definition) is 3. The maximum Gasteiger partial charge on any atom is 0.0810 e. The number of pyridine rings is 1. The number of halogens is 1.